The van der Waals surface area contributed by atoms with Gasteiger partial charge >= 0.3 is 0 Å². The van der Waals surface area contributed by atoms with Crippen LogP contribution in [0.15, 0.2) is 6.33 Å². The second kappa shape index (κ2) is 5.60. The number of hydrogen-bond donors (Lipinski definition) is 2. The largest absolute Gasteiger partial charge is 0.387 e. The first-order valence-electron chi connectivity index (χ1n) is 8.50. The molecule has 0 bridgehead atoms. The zero-order valence-corrected chi connectivity index (χ0v) is 14.7. The number of ether oxygens (including phenoxy) is 3. The number of fused-ring (bicyclic) bond motifs is 2. The highest BCUT2D eigenvalue weighted by Crippen LogP contribution is 2.44. The van der Waals surface area contributed by atoms with Gasteiger partial charge < -0.3 is 25.1 Å². The van der Waals surface area contributed by atoms with E-state index in [0.717, 1.165) is 6.42 Å². The van der Waals surface area contributed by atoms with Crippen LogP contribution in [-0.4, -0.2) is 49.0 Å². The van der Waals surface area contributed by atoms with Crippen molar-refractivity contribution in [2.75, 3.05) is 5.73 Å². The number of aromatic nitrogens is 4. The van der Waals surface area contributed by atoms with Gasteiger partial charge in [-0.05, 0) is 27.2 Å². The van der Waals surface area contributed by atoms with Gasteiger partial charge in [0.25, 0.3) is 0 Å². The van der Waals surface area contributed by atoms with Gasteiger partial charge in [0.2, 0.25) is 0 Å². The Labute approximate surface area is 145 Å². The highest BCUT2D eigenvalue weighted by Gasteiger charge is 2.56. The molecule has 0 saturated carbocycles. The summed E-state index contributed by atoms with van der Waals surface area (Å²) in [6.07, 6.45) is 0.233. The first-order valence-corrected chi connectivity index (χ1v) is 8.50. The lowest BCUT2D eigenvalue weighted by Gasteiger charge is -2.24. The zero-order chi connectivity index (χ0) is 17.9. The summed E-state index contributed by atoms with van der Waals surface area (Å²) in [6, 6.07) is 0. The standard InChI is InChI=1S/C16H23N5O4/c1-5-8-11-12(25-16(3,4)24-11)15(23-8)21-14-9(10(20-21)7(2)22)13(17)18-6-19-14/h6-8,11-12,15,22H,5H2,1-4H3,(H2,17,18,19)/t7?,8-,11-,12-,15-/m1/s1. The summed E-state index contributed by atoms with van der Waals surface area (Å²) in [6.45, 7) is 7.45. The number of rotatable bonds is 3. The summed E-state index contributed by atoms with van der Waals surface area (Å²) in [7, 11) is 0. The molecule has 0 amide bonds. The lowest BCUT2D eigenvalue weighted by atomic mass is 10.1. The molecule has 1 unspecified atom stereocenters. The van der Waals surface area contributed by atoms with Crippen LogP contribution in [0, 0.1) is 0 Å². The third kappa shape index (κ3) is 2.50. The fourth-order valence-electron chi connectivity index (χ4n) is 3.68. The fraction of sp³-hybridized carbons (Fsp3) is 0.688. The van der Waals surface area contributed by atoms with Gasteiger partial charge in [-0.1, -0.05) is 6.92 Å². The molecule has 4 rings (SSSR count). The van der Waals surface area contributed by atoms with Gasteiger partial charge in [0.15, 0.2) is 17.7 Å². The Hall–Kier alpha value is -1.81. The molecule has 2 aliphatic heterocycles. The molecule has 0 aliphatic carbocycles. The Morgan fingerprint density at radius 2 is 2.04 bits per heavy atom. The van der Waals surface area contributed by atoms with Crippen LogP contribution in [0.5, 0.6) is 0 Å². The van der Waals surface area contributed by atoms with Crippen molar-refractivity contribution in [2.45, 2.75) is 70.5 Å². The van der Waals surface area contributed by atoms with Crippen molar-refractivity contribution in [1.82, 2.24) is 19.7 Å². The predicted molar refractivity (Wildman–Crippen MR) is 88.4 cm³/mol. The molecule has 0 spiro atoms. The average molecular weight is 349 g/mol. The number of nitrogens with two attached hydrogens (primary N) is 1. The van der Waals surface area contributed by atoms with E-state index < -0.39 is 18.1 Å². The normalized spacial score (nSPS) is 32.2. The third-order valence-corrected chi connectivity index (χ3v) is 4.71. The Bertz CT molecular complexity index is 805. The van der Waals surface area contributed by atoms with E-state index in [1.165, 1.54) is 6.33 Å². The number of anilines is 1. The maximum absolute atomic E-state index is 10.1. The van der Waals surface area contributed by atoms with Crippen LogP contribution in [0.3, 0.4) is 0 Å². The highest BCUT2D eigenvalue weighted by molar-refractivity contribution is 5.88. The van der Waals surface area contributed by atoms with Gasteiger partial charge in [0, 0.05) is 0 Å². The second-order valence-corrected chi connectivity index (χ2v) is 7.00. The lowest BCUT2D eigenvalue weighted by molar-refractivity contribution is -0.197. The monoisotopic (exact) mass is 349 g/mol. The van der Waals surface area contributed by atoms with E-state index in [-0.39, 0.29) is 24.1 Å². The number of hydrogen-bond acceptors (Lipinski definition) is 8. The van der Waals surface area contributed by atoms with Crippen LogP contribution in [0.2, 0.25) is 0 Å². The van der Waals surface area contributed by atoms with Crippen molar-refractivity contribution >= 4 is 16.9 Å². The topological polar surface area (TPSA) is 118 Å². The van der Waals surface area contributed by atoms with E-state index in [9.17, 15) is 5.11 Å². The van der Waals surface area contributed by atoms with Crippen molar-refractivity contribution < 1.29 is 19.3 Å². The number of nitrogen functional groups attached to an aromatic ring is 1. The van der Waals surface area contributed by atoms with E-state index in [1.54, 1.807) is 11.6 Å². The van der Waals surface area contributed by atoms with E-state index in [0.29, 0.717) is 16.7 Å². The van der Waals surface area contributed by atoms with E-state index >= 15 is 0 Å². The fourth-order valence-corrected chi connectivity index (χ4v) is 3.68. The first kappa shape index (κ1) is 16.6. The number of nitrogens with zero attached hydrogens (tertiary/aromatic N) is 4. The third-order valence-electron chi connectivity index (χ3n) is 4.71. The molecule has 25 heavy (non-hydrogen) atoms. The van der Waals surface area contributed by atoms with E-state index in [4.69, 9.17) is 19.9 Å². The minimum absolute atomic E-state index is 0.106. The molecule has 4 heterocycles. The molecule has 2 aliphatic rings. The van der Waals surface area contributed by atoms with Crippen molar-refractivity contribution in [2.24, 2.45) is 0 Å². The van der Waals surface area contributed by atoms with Crippen LogP contribution in [0.1, 0.15) is 52.1 Å². The van der Waals surface area contributed by atoms with Crippen LogP contribution in [0.25, 0.3) is 11.0 Å². The van der Waals surface area contributed by atoms with Gasteiger partial charge in [-0.25, -0.2) is 14.6 Å². The van der Waals surface area contributed by atoms with Crippen LogP contribution in [-0.2, 0) is 14.2 Å². The highest BCUT2D eigenvalue weighted by atomic mass is 16.8. The van der Waals surface area contributed by atoms with Crippen molar-refractivity contribution in [1.29, 1.82) is 0 Å². The minimum Gasteiger partial charge on any atom is -0.387 e. The van der Waals surface area contributed by atoms with Gasteiger partial charge in [-0.15, -0.1) is 0 Å². The summed E-state index contributed by atoms with van der Waals surface area (Å²) in [5.74, 6) is -0.410. The SMILES string of the molecule is CC[C@H]1O[C@@H](n2nc(C(C)O)c3c(N)ncnc32)[C@@H]2OC(C)(C)O[C@@H]21. The molecule has 2 aromatic heterocycles. The summed E-state index contributed by atoms with van der Waals surface area (Å²) in [5.41, 5.74) is 6.93. The predicted octanol–water partition coefficient (Wildman–Crippen LogP) is 1.29. The van der Waals surface area contributed by atoms with Gasteiger partial charge in [0.05, 0.1) is 17.6 Å². The Balaban J connectivity index is 1.83. The Morgan fingerprint density at radius 3 is 2.72 bits per heavy atom. The summed E-state index contributed by atoms with van der Waals surface area (Å²) in [4.78, 5) is 8.33. The Kier molecular flexibility index (Phi) is 3.73. The molecule has 5 atom stereocenters. The van der Waals surface area contributed by atoms with Crippen molar-refractivity contribution in [3.63, 3.8) is 0 Å². The molecular formula is C16H23N5O4. The molecule has 0 radical (unpaired) electrons. The second-order valence-electron chi connectivity index (χ2n) is 7.00. The van der Waals surface area contributed by atoms with Crippen molar-refractivity contribution in [3.8, 4) is 0 Å². The average Bonchev–Trinajstić information content (AvgIpc) is 3.16. The minimum atomic E-state index is -0.812. The van der Waals surface area contributed by atoms with E-state index in [2.05, 4.69) is 15.1 Å². The smallest absolute Gasteiger partial charge is 0.181 e. The molecule has 136 valence electrons. The van der Waals surface area contributed by atoms with Gasteiger partial charge in [-0.3, -0.25) is 0 Å². The molecule has 0 aromatic carbocycles. The lowest BCUT2D eigenvalue weighted by Crippen LogP contribution is -2.29. The maximum Gasteiger partial charge on any atom is 0.181 e. The molecule has 9 nitrogen and oxygen atoms in total. The quantitative estimate of drug-likeness (QED) is 0.851. The molecule has 2 saturated heterocycles. The van der Waals surface area contributed by atoms with Crippen LogP contribution < -0.4 is 5.73 Å². The van der Waals surface area contributed by atoms with Gasteiger partial charge in [-0.2, -0.15) is 5.10 Å². The molecular weight excluding hydrogens is 326 g/mol. The number of aliphatic hydroxyl groups is 1. The van der Waals surface area contributed by atoms with Crippen LogP contribution in [0.4, 0.5) is 5.82 Å². The molecule has 2 aromatic rings. The Morgan fingerprint density at radius 1 is 1.32 bits per heavy atom. The summed E-state index contributed by atoms with van der Waals surface area (Å²) in [5, 5.41) is 15.2. The molecule has 3 N–H and O–H groups in total. The van der Waals surface area contributed by atoms with E-state index in [1.807, 2.05) is 20.8 Å². The molecule has 9 heteroatoms. The van der Waals surface area contributed by atoms with Crippen molar-refractivity contribution in [3.05, 3.63) is 12.0 Å². The number of aliphatic hydroxyl groups excluding tert-OH is 1. The van der Waals surface area contributed by atoms with Gasteiger partial charge in [0.1, 0.15) is 30.0 Å². The summed E-state index contributed by atoms with van der Waals surface area (Å²) >= 11 is 0. The molecule has 2 fully saturated rings. The zero-order valence-electron chi connectivity index (χ0n) is 14.7. The first-order chi connectivity index (χ1) is 11.8. The maximum atomic E-state index is 10.1. The van der Waals surface area contributed by atoms with Crippen LogP contribution >= 0.6 is 0 Å². The summed E-state index contributed by atoms with van der Waals surface area (Å²) < 4.78 is 19.9.